The molecule has 0 bridgehead atoms. The lowest BCUT2D eigenvalue weighted by Crippen LogP contribution is -2.60. The molecule has 3 fully saturated rings. The number of nitrogens with zero attached hydrogens (tertiary/aromatic N) is 1. The molecule has 1 heterocycles. The Balaban J connectivity index is 1.23. The largest absolute Gasteiger partial charge is 0.353 e. The summed E-state index contributed by atoms with van der Waals surface area (Å²) < 4.78 is 26.1. The molecule has 1 unspecified atom stereocenters. The summed E-state index contributed by atoms with van der Waals surface area (Å²) >= 11 is 0. The lowest BCUT2D eigenvalue weighted by molar-refractivity contribution is -0.163. The normalized spacial score (nSPS) is 25.6. The van der Waals surface area contributed by atoms with Crippen molar-refractivity contribution in [3.05, 3.63) is 35.9 Å². The zero-order valence-corrected chi connectivity index (χ0v) is 16.1. The van der Waals surface area contributed by atoms with E-state index in [9.17, 15) is 18.4 Å². The minimum atomic E-state index is -2.65. The summed E-state index contributed by atoms with van der Waals surface area (Å²) in [4.78, 5) is 26.5. The molecule has 0 radical (unpaired) electrons. The van der Waals surface area contributed by atoms with Crippen molar-refractivity contribution in [2.75, 3.05) is 13.1 Å². The Morgan fingerprint density at radius 1 is 1.07 bits per heavy atom. The second kappa shape index (κ2) is 7.45. The molecule has 0 aromatic heterocycles. The van der Waals surface area contributed by atoms with E-state index in [-0.39, 0.29) is 36.1 Å². The number of carbonyl (C=O) groups is 2. The van der Waals surface area contributed by atoms with Crippen molar-refractivity contribution >= 4 is 11.8 Å². The molecule has 1 spiro atoms. The Bertz CT molecular complexity index is 721. The van der Waals surface area contributed by atoms with E-state index in [1.54, 1.807) is 4.90 Å². The van der Waals surface area contributed by atoms with Crippen LogP contribution in [0.3, 0.4) is 0 Å². The van der Waals surface area contributed by atoms with Gasteiger partial charge in [0.2, 0.25) is 17.7 Å². The maximum absolute atomic E-state index is 13.0. The number of likely N-dealkylation sites (tertiary alicyclic amines) is 1. The first-order valence-corrected chi connectivity index (χ1v) is 10.4. The van der Waals surface area contributed by atoms with Crippen LogP contribution in [0.4, 0.5) is 8.78 Å². The van der Waals surface area contributed by atoms with Crippen molar-refractivity contribution in [2.45, 2.75) is 63.3 Å². The van der Waals surface area contributed by atoms with Crippen LogP contribution in [0, 0.1) is 11.3 Å². The number of piperidine rings is 1. The molecule has 1 atom stereocenters. The molecule has 1 saturated heterocycles. The topological polar surface area (TPSA) is 49.4 Å². The van der Waals surface area contributed by atoms with Crippen LogP contribution in [-0.2, 0) is 16.0 Å². The zero-order chi connectivity index (χ0) is 19.8. The summed E-state index contributed by atoms with van der Waals surface area (Å²) in [7, 11) is 0. The first-order chi connectivity index (χ1) is 13.4. The number of alkyl halides is 2. The molecule has 28 heavy (non-hydrogen) atoms. The first kappa shape index (κ1) is 19.3. The van der Waals surface area contributed by atoms with Gasteiger partial charge in [-0.1, -0.05) is 30.3 Å². The van der Waals surface area contributed by atoms with E-state index in [1.165, 1.54) is 0 Å². The molecule has 2 amide bonds. The van der Waals surface area contributed by atoms with Crippen LogP contribution >= 0.6 is 0 Å². The van der Waals surface area contributed by atoms with Gasteiger partial charge in [-0.3, -0.25) is 9.59 Å². The number of halogens is 2. The molecule has 152 valence electrons. The highest BCUT2D eigenvalue weighted by molar-refractivity contribution is 5.80. The van der Waals surface area contributed by atoms with Crippen LogP contribution < -0.4 is 5.32 Å². The minimum absolute atomic E-state index is 0.0860. The molecule has 1 aromatic rings. The van der Waals surface area contributed by atoms with E-state index < -0.39 is 11.8 Å². The van der Waals surface area contributed by atoms with Crippen molar-refractivity contribution < 1.29 is 18.4 Å². The fourth-order valence-corrected chi connectivity index (χ4v) is 4.96. The molecular weight excluding hydrogens is 362 g/mol. The molecule has 6 heteroatoms. The van der Waals surface area contributed by atoms with Crippen LogP contribution in [0.5, 0.6) is 0 Å². The van der Waals surface area contributed by atoms with Crippen molar-refractivity contribution in [1.82, 2.24) is 10.2 Å². The van der Waals surface area contributed by atoms with E-state index >= 15 is 0 Å². The Hall–Kier alpha value is -1.98. The van der Waals surface area contributed by atoms with E-state index in [4.69, 9.17) is 0 Å². The average Bonchev–Trinajstić information content (AvgIpc) is 2.68. The van der Waals surface area contributed by atoms with Crippen molar-refractivity contribution in [2.24, 2.45) is 11.3 Å². The minimum Gasteiger partial charge on any atom is -0.353 e. The van der Waals surface area contributed by atoms with Gasteiger partial charge in [0.15, 0.2) is 0 Å². The number of benzene rings is 1. The van der Waals surface area contributed by atoms with E-state index in [1.807, 2.05) is 30.3 Å². The predicted octanol–water partition coefficient (Wildman–Crippen LogP) is 3.55. The van der Waals surface area contributed by atoms with Gasteiger partial charge in [-0.05, 0) is 43.1 Å². The van der Waals surface area contributed by atoms with Crippen LogP contribution in [0.1, 0.15) is 50.5 Å². The fraction of sp³-hybridized carbons (Fsp3) is 0.636. The number of carbonyl (C=O) groups excluding carboxylic acids is 2. The highest BCUT2D eigenvalue weighted by Gasteiger charge is 2.52. The van der Waals surface area contributed by atoms with Gasteiger partial charge in [0, 0.05) is 44.3 Å². The third-order valence-corrected chi connectivity index (χ3v) is 7.00. The quantitative estimate of drug-likeness (QED) is 0.836. The van der Waals surface area contributed by atoms with Crippen LogP contribution in [0.25, 0.3) is 0 Å². The molecule has 2 saturated carbocycles. The summed E-state index contributed by atoms with van der Waals surface area (Å²) in [5.74, 6) is -3.17. The second-order valence-corrected chi connectivity index (χ2v) is 8.79. The van der Waals surface area contributed by atoms with Crippen molar-refractivity contribution in [3.8, 4) is 0 Å². The molecule has 2 aliphatic carbocycles. The van der Waals surface area contributed by atoms with Gasteiger partial charge >= 0.3 is 0 Å². The van der Waals surface area contributed by atoms with Crippen LogP contribution in [-0.4, -0.2) is 41.8 Å². The third-order valence-electron chi connectivity index (χ3n) is 7.00. The lowest BCUT2D eigenvalue weighted by atomic mass is 9.59. The number of nitrogens with one attached hydrogen (secondary N) is 1. The first-order valence-electron chi connectivity index (χ1n) is 10.4. The molecule has 1 aromatic carbocycles. The van der Waals surface area contributed by atoms with Gasteiger partial charge in [0.1, 0.15) is 0 Å². The van der Waals surface area contributed by atoms with Gasteiger partial charge in [-0.2, -0.15) is 0 Å². The lowest BCUT2D eigenvalue weighted by Gasteiger charge is -2.54. The van der Waals surface area contributed by atoms with E-state index in [0.29, 0.717) is 19.5 Å². The number of rotatable bonds is 5. The Labute approximate surface area is 164 Å². The second-order valence-electron chi connectivity index (χ2n) is 8.79. The maximum Gasteiger partial charge on any atom is 0.249 e. The standard InChI is InChI=1S/C22H28F2N2O2/c23-22(24)14-17(15-22)20(28)26-12-10-21(11-13-26)9-8-18(21)25-19(27)7-6-16-4-2-1-3-5-16/h1-5,17-18H,6-15H2,(H,25,27). The highest BCUT2D eigenvalue weighted by Crippen LogP contribution is 2.50. The van der Waals surface area contributed by atoms with Crippen LogP contribution in [0.15, 0.2) is 30.3 Å². The van der Waals surface area contributed by atoms with Gasteiger partial charge in [0.25, 0.3) is 0 Å². The van der Waals surface area contributed by atoms with E-state index in [2.05, 4.69) is 5.32 Å². The van der Waals surface area contributed by atoms with Gasteiger partial charge in [0.05, 0.1) is 0 Å². The monoisotopic (exact) mass is 390 g/mol. The summed E-state index contributed by atoms with van der Waals surface area (Å²) in [5.41, 5.74) is 1.25. The number of amides is 2. The third kappa shape index (κ3) is 3.91. The molecule has 1 N–H and O–H groups in total. The van der Waals surface area contributed by atoms with Crippen molar-refractivity contribution in [1.29, 1.82) is 0 Å². The predicted molar refractivity (Wildman–Crippen MR) is 102 cm³/mol. The summed E-state index contributed by atoms with van der Waals surface area (Å²) in [6.45, 7) is 1.24. The molecule has 1 aliphatic heterocycles. The maximum atomic E-state index is 13.0. The van der Waals surface area contributed by atoms with Crippen LogP contribution in [0.2, 0.25) is 0 Å². The SMILES string of the molecule is O=C(CCc1ccccc1)NC1CCC12CCN(C(=O)C1CC(F)(F)C1)CC2. The van der Waals surface area contributed by atoms with Gasteiger partial charge in [-0.15, -0.1) is 0 Å². The molecule has 4 nitrogen and oxygen atoms in total. The fourth-order valence-electron chi connectivity index (χ4n) is 4.96. The van der Waals surface area contributed by atoms with Gasteiger partial charge < -0.3 is 10.2 Å². The number of hydrogen-bond acceptors (Lipinski definition) is 2. The molecular formula is C22H28F2N2O2. The number of hydrogen-bond donors (Lipinski definition) is 1. The summed E-state index contributed by atoms with van der Waals surface area (Å²) in [6.07, 6.45) is 4.38. The Morgan fingerprint density at radius 2 is 1.75 bits per heavy atom. The summed E-state index contributed by atoms with van der Waals surface area (Å²) in [5, 5.41) is 3.21. The smallest absolute Gasteiger partial charge is 0.249 e. The highest BCUT2D eigenvalue weighted by atomic mass is 19.3. The Kier molecular flexibility index (Phi) is 5.15. The molecule has 4 rings (SSSR count). The van der Waals surface area contributed by atoms with Crippen molar-refractivity contribution in [3.63, 3.8) is 0 Å². The Morgan fingerprint density at radius 3 is 2.32 bits per heavy atom. The molecule has 3 aliphatic rings. The zero-order valence-electron chi connectivity index (χ0n) is 16.1. The summed E-state index contributed by atoms with van der Waals surface area (Å²) in [6, 6.07) is 10.2. The van der Waals surface area contributed by atoms with E-state index in [0.717, 1.165) is 37.7 Å². The average molecular weight is 390 g/mol. The van der Waals surface area contributed by atoms with Gasteiger partial charge in [-0.25, -0.2) is 8.78 Å². The number of aryl methyl sites for hydroxylation is 1.